The quantitative estimate of drug-likeness (QED) is 0.565. The summed E-state index contributed by atoms with van der Waals surface area (Å²) < 4.78 is 8.41. The number of carbonyl (C=O) groups excluding carboxylic acids is 1. The average Bonchev–Trinajstić information content (AvgIpc) is 3.50. The average molecular weight is 406 g/mol. The van der Waals surface area contributed by atoms with E-state index in [1.807, 2.05) is 25.1 Å². The van der Waals surface area contributed by atoms with Gasteiger partial charge in [-0.3, -0.25) is 4.79 Å². The van der Waals surface area contributed by atoms with Gasteiger partial charge < -0.3 is 14.6 Å². The number of fused-ring (bicyclic) bond motifs is 1. The highest BCUT2D eigenvalue weighted by Gasteiger charge is 2.31. The number of para-hydroxylation sites is 2. The van der Waals surface area contributed by atoms with E-state index in [4.69, 9.17) is 9.72 Å². The molecule has 1 heterocycles. The molecule has 5 heteroatoms. The number of imidazole rings is 1. The molecule has 1 saturated carbocycles. The van der Waals surface area contributed by atoms with Gasteiger partial charge in [0.15, 0.2) is 0 Å². The van der Waals surface area contributed by atoms with Crippen LogP contribution in [-0.2, 0) is 11.3 Å². The van der Waals surface area contributed by atoms with Gasteiger partial charge in [-0.2, -0.15) is 0 Å². The maximum Gasteiger partial charge on any atom is 0.223 e. The van der Waals surface area contributed by atoms with Gasteiger partial charge in [0, 0.05) is 5.92 Å². The van der Waals surface area contributed by atoms with Crippen LogP contribution >= 0.6 is 0 Å². The Morgan fingerprint density at radius 2 is 1.97 bits per heavy atom. The third-order valence-corrected chi connectivity index (χ3v) is 5.74. The summed E-state index contributed by atoms with van der Waals surface area (Å²) in [7, 11) is 0. The van der Waals surface area contributed by atoms with Gasteiger partial charge in [-0.05, 0) is 61.9 Å². The number of nitrogens with zero attached hydrogens (tertiary/aromatic N) is 2. The monoisotopic (exact) mass is 405 g/mol. The Balaban J connectivity index is 1.55. The minimum absolute atomic E-state index is 0.138. The number of hydrogen-bond acceptors (Lipinski definition) is 3. The van der Waals surface area contributed by atoms with Gasteiger partial charge >= 0.3 is 0 Å². The first-order valence-electron chi connectivity index (χ1n) is 10.9. The molecule has 2 aromatic carbocycles. The molecule has 1 N–H and O–H groups in total. The second-order valence-corrected chi connectivity index (χ2v) is 8.66. The fraction of sp³-hybridized carbons (Fsp3) is 0.440. The molecule has 3 aromatic rings. The maximum atomic E-state index is 12.3. The Kier molecular flexibility index (Phi) is 5.80. The molecule has 1 unspecified atom stereocenters. The minimum atomic E-state index is -0.143. The zero-order chi connectivity index (χ0) is 21.3. The Morgan fingerprint density at radius 3 is 2.70 bits per heavy atom. The number of aromatic nitrogens is 2. The van der Waals surface area contributed by atoms with Crippen molar-refractivity contribution in [2.45, 2.75) is 59.0 Å². The minimum Gasteiger partial charge on any atom is -0.491 e. The summed E-state index contributed by atoms with van der Waals surface area (Å²) in [4.78, 5) is 17.1. The van der Waals surface area contributed by atoms with Gasteiger partial charge in [-0.1, -0.05) is 38.1 Å². The van der Waals surface area contributed by atoms with E-state index in [2.05, 4.69) is 54.9 Å². The van der Waals surface area contributed by atoms with E-state index in [0.717, 1.165) is 35.4 Å². The predicted octanol–water partition coefficient (Wildman–Crippen LogP) is 5.13. The summed E-state index contributed by atoms with van der Waals surface area (Å²) in [6, 6.07) is 14.4. The van der Waals surface area contributed by atoms with Gasteiger partial charge in [0.2, 0.25) is 5.91 Å². The zero-order valence-electron chi connectivity index (χ0n) is 18.3. The lowest BCUT2D eigenvalue weighted by Crippen LogP contribution is -2.30. The van der Waals surface area contributed by atoms with Crippen LogP contribution in [0, 0.1) is 12.8 Å². The van der Waals surface area contributed by atoms with Crippen LogP contribution in [0.15, 0.2) is 42.5 Å². The Bertz CT molecular complexity index is 1050. The van der Waals surface area contributed by atoms with Crippen LogP contribution in [0.1, 0.15) is 62.5 Å². The standard InChI is InChI=1S/C25H31N3O2/c1-16(2)20-12-9-17(3)15-23(20)30-14-13-28-22-8-6-5-7-21(22)27-24(28)18(4)26-25(29)19-10-11-19/h5-9,12,15-16,18-19H,10-11,13-14H2,1-4H3,(H,26,29). The van der Waals surface area contributed by atoms with Crippen LogP contribution in [0.4, 0.5) is 0 Å². The fourth-order valence-corrected chi connectivity index (χ4v) is 3.89. The molecule has 0 saturated heterocycles. The Morgan fingerprint density at radius 1 is 1.20 bits per heavy atom. The first-order chi connectivity index (χ1) is 14.4. The number of carbonyl (C=O) groups is 1. The van der Waals surface area contributed by atoms with E-state index < -0.39 is 0 Å². The third kappa shape index (κ3) is 4.35. The molecule has 1 atom stereocenters. The van der Waals surface area contributed by atoms with Gasteiger partial charge in [0.25, 0.3) is 0 Å². The molecule has 1 amide bonds. The first kappa shape index (κ1) is 20.5. The number of aryl methyl sites for hydroxylation is 1. The highest BCUT2D eigenvalue weighted by atomic mass is 16.5. The van der Waals surface area contributed by atoms with Crippen molar-refractivity contribution in [3.8, 4) is 5.75 Å². The molecule has 5 nitrogen and oxygen atoms in total. The summed E-state index contributed by atoms with van der Waals surface area (Å²) in [6.45, 7) is 9.68. The SMILES string of the molecule is Cc1ccc(C(C)C)c(OCCn2c(C(C)NC(=O)C3CC3)nc3ccccc32)c1. The van der Waals surface area contributed by atoms with Crippen LogP contribution in [0.3, 0.4) is 0 Å². The van der Waals surface area contributed by atoms with E-state index in [-0.39, 0.29) is 17.9 Å². The maximum absolute atomic E-state index is 12.3. The van der Waals surface area contributed by atoms with Crippen LogP contribution < -0.4 is 10.1 Å². The van der Waals surface area contributed by atoms with Crippen LogP contribution in [0.25, 0.3) is 11.0 Å². The van der Waals surface area contributed by atoms with Gasteiger partial charge in [0.05, 0.1) is 23.6 Å². The van der Waals surface area contributed by atoms with E-state index >= 15 is 0 Å². The van der Waals surface area contributed by atoms with Gasteiger partial charge in [-0.25, -0.2) is 4.98 Å². The number of benzene rings is 2. The van der Waals surface area contributed by atoms with Gasteiger partial charge in [0.1, 0.15) is 18.2 Å². The largest absolute Gasteiger partial charge is 0.491 e. The number of hydrogen-bond donors (Lipinski definition) is 1. The Labute approximate surface area is 178 Å². The highest BCUT2D eigenvalue weighted by molar-refractivity contribution is 5.81. The molecular formula is C25H31N3O2. The van der Waals surface area contributed by atoms with E-state index in [9.17, 15) is 4.79 Å². The van der Waals surface area contributed by atoms with Gasteiger partial charge in [-0.15, -0.1) is 0 Å². The molecule has 0 spiro atoms. The summed E-state index contributed by atoms with van der Waals surface area (Å²) in [5, 5.41) is 3.14. The fourth-order valence-electron chi connectivity index (χ4n) is 3.89. The molecule has 1 aromatic heterocycles. The van der Waals surface area contributed by atoms with Crippen molar-refractivity contribution in [1.82, 2.24) is 14.9 Å². The normalized spacial score (nSPS) is 14.8. The molecule has 30 heavy (non-hydrogen) atoms. The number of rotatable bonds is 8. The number of nitrogens with one attached hydrogen (secondary N) is 1. The third-order valence-electron chi connectivity index (χ3n) is 5.74. The van der Waals surface area contributed by atoms with E-state index in [1.165, 1.54) is 11.1 Å². The lowest BCUT2D eigenvalue weighted by atomic mass is 10.0. The zero-order valence-corrected chi connectivity index (χ0v) is 18.3. The highest BCUT2D eigenvalue weighted by Crippen LogP contribution is 2.30. The number of ether oxygens (including phenoxy) is 1. The summed E-state index contributed by atoms with van der Waals surface area (Å²) >= 11 is 0. The molecule has 1 aliphatic carbocycles. The van der Waals surface area contributed by atoms with Crippen LogP contribution in [0.2, 0.25) is 0 Å². The smallest absolute Gasteiger partial charge is 0.223 e. The van der Waals surface area contributed by atoms with Crippen molar-refractivity contribution >= 4 is 16.9 Å². The lowest BCUT2D eigenvalue weighted by molar-refractivity contribution is -0.123. The first-order valence-corrected chi connectivity index (χ1v) is 10.9. The summed E-state index contributed by atoms with van der Waals surface area (Å²) in [6.07, 6.45) is 2.00. The lowest BCUT2D eigenvalue weighted by Gasteiger charge is -2.18. The second-order valence-electron chi connectivity index (χ2n) is 8.66. The molecular weight excluding hydrogens is 374 g/mol. The summed E-state index contributed by atoms with van der Waals surface area (Å²) in [5.41, 5.74) is 4.43. The van der Waals surface area contributed by atoms with Crippen molar-refractivity contribution in [3.63, 3.8) is 0 Å². The molecule has 158 valence electrons. The second kappa shape index (κ2) is 8.50. The molecule has 0 radical (unpaired) electrons. The molecule has 4 rings (SSSR count). The van der Waals surface area contributed by atoms with Crippen LogP contribution in [0.5, 0.6) is 5.75 Å². The number of amides is 1. The van der Waals surface area contributed by atoms with E-state index in [1.54, 1.807) is 0 Å². The van der Waals surface area contributed by atoms with Crippen molar-refractivity contribution < 1.29 is 9.53 Å². The Hall–Kier alpha value is -2.82. The predicted molar refractivity (Wildman–Crippen MR) is 120 cm³/mol. The topological polar surface area (TPSA) is 56.1 Å². The molecule has 0 bridgehead atoms. The molecule has 0 aliphatic heterocycles. The summed E-state index contributed by atoms with van der Waals surface area (Å²) in [5.74, 6) is 2.55. The van der Waals surface area contributed by atoms with Crippen molar-refractivity contribution in [1.29, 1.82) is 0 Å². The molecule has 1 fully saturated rings. The van der Waals surface area contributed by atoms with Crippen molar-refractivity contribution in [2.75, 3.05) is 6.61 Å². The van der Waals surface area contributed by atoms with E-state index in [0.29, 0.717) is 19.1 Å². The van der Waals surface area contributed by atoms with Crippen molar-refractivity contribution in [3.05, 3.63) is 59.4 Å². The van der Waals surface area contributed by atoms with Crippen LogP contribution in [-0.4, -0.2) is 22.1 Å². The van der Waals surface area contributed by atoms with Crippen molar-refractivity contribution in [2.24, 2.45) is 5.92 Å². The molecule has 1 aliphatic rings.